The number of nitrogens with zero attached hydrogens (tertiary/aromatic N) is 2. The van der Waals surface area contributed by atoms with Gasteiger partial charge in [0.1, 0.15) is 15.5 Å². The van der Waals surface area contributed by atoms with Crippen molar-refractivity contribution in [1.29, 1.82) is 0 Å². The molecular formula is C15H18ClN3O3S. The quantitative estimate of drug-likeness (QED) is 0.654. The first kappa shape index (κ1) is 16.4. The van der Waals surface area contributed by atoms with E-state index in [4.69, 9.17) is 21.1 Å². The van der Waals surface area contributed by atoms with E-state index in [0.29, 0.717) is 28.7 Å². The van der Waals surface area contributed by atoms with E-state index < -0.39 is 0 Å². The van der Waals surface area contributed by atoms with E-state index >= 15 is 0 Å². The molecule has 6 nitrogen and oxygen atoms in total. The van der Waals surface area contributed by atoms with Crippen LogP contribution in [0.25, 0.3) is 10.2 Å². The molecule has 2 aromatic rings. The van der Waals surface area contributed by atoms with Gasteiger partial charge in [0, 0.05) is 13.2 Å². The molecule has 0 bridgehead atoms. The number of aromatic nitrogens is 2. The number of halogens is 1. The Labute approximate surface area is 143 Å². The van der Waals surface area contributed by atoms with Gasteiger partial charge in [0.15, 0.2) is 0 Å². The molecule has 8 heteroatoms. The number of nitrogens with one attached hydrogen (secondary N) is 1. The Morgan fingerprint density at radius 2 is 2.35 bits per heavy atom. The third-order valence-electron chi connectivity index (χ3n) is 3.74. The maximum absolute atomic E-state index is 12.1. The number of rotatable bonds is 5. The van der Waals surface area contributed by atoms with Gasteiger partial charge < -0.3 is 14.8 Å². The van der Waals surface area contributed by atoms with Gasteiger partial charge in [0.2, 0.25) is 5.28 Å². The van der Waals surface area contributed by atoms with Crippen LogP contribution in [-0.2, 0) is 9.47 Å². The van der Waals surface area contributed by atoms with Gasteiger partial charge in [-0.1, -0.05) is 0 Å². The Morgan fingerprint density at radius 3 is 3.04 bits per heavy atom. The second-order valence-electron chi connectivity index (χ2n) is 5.31. The number of ether oxygens (including phenoxy) is 2. The van der Waals surface area contributed by atoms with E-state index in [1.165, 1.54) is 11.3 Å². The van der Waals surface area contributed by atoms with Gasteiger partial charge in [-0.3, -0.25) is 0 Å². The van der Waals surface area contributed by atoms with Crippen molar-refractivity contribution >= 4 is 44.9 Å². The normalized spacial score (nSPS) is 17.6. The van der Waals surface area contributed by atoms with Crippen LogP contribution in [0.4, 0.5) is 5.82 Å². The predicted molar refractivity (Wildman–Crippen MR) is 90.6 cm³/mol. The summed E-state index contributed by atoms with van der Waals surface area (Å²) in [5.74, 6) is 0.300. The number of hydrogen-bond donors (Lipinski definition) is 1. The molecule has 1 aliphatic heterocycles. The number of anilines is 1. The first-order valence-electron chi connectivity index (χ1n) is 7.59. The van der Waals surface area contributed by atoms with Crippen LogP contribution < -0.4 is 5.32 Å². The number of esters is 1. The minimum absolute atomic E-state index is 0.156. The van der Waals surface area contributed by atoms with Crippen LogP contribution in [-0.4, -0.2) is 41.8 Å². The summed E-state index contributed by atoms with van der Waals surface area (Å²) in [7, 11) is 0. The Morgan fingerprint density at radius 1 is 1.52 bits per heavy atom. The minimum Gasteiger partial charge on any atom is -0.462 e. The molecule has 1 N–H and O–H groups in total. The average Bonchev–Trinajstić information content (AvgIpc) is 3.13. The standard InChI is InChI=1S/C15H18ClN3O3S/c1-3-21-14(20)11-8(2)10-12(17-7-9-5-4-6-22-9)18-15(16)19-13(10)23-11/h9H,3-7H2,1-2H3,(H,17,18,19). The molecule has 1 atom stereocenters. The number of hydrogen-bond acceptors (Lipinski definition) is 7. The van der Waals surface area contributed by atoms with Gasteiger partial charge >= 0.3 is 5.97 Å². The summed E-state index contributed by atoms with van der Waals surface area (Å²) in [5.41, 5.74) is 0.815. The van der Waals surface area contributed by atoms with Crippen molar-refractivity contribution in [3.05, 3.63) is 15.7 Å². The summed E-state index contributed by atoms with van der Waals surface area (Å²) in [6.07, 6.45) is 2.30. The molecular weight excluding hydrogens is 338 g/mol. The summed E-state index contributed by atoms with van der Waals surface area (Å²) in [4.78, 5) is 21.8. The fourth-order valence-electron chi connectivity index (χ4n) is 2.65. The Kier molecular flexibility index (Phi) is 4.99. The fourth-order valence-corrected chi connectivity index (χ4v) is 3.94. The van der Waals surface area contributed by atoms with Crippen molar-refractivity contribution < 1.29 is 14.3 Å². The molecule has 3 rings (SSSR count). The van der Waals surface area contributed by atoms with E-state index in [0.717, 1.165) is 30.4 Å². The number of carbonyl (C=O) groups is 1. The summed E-state index contributed by atoms with van der Waals surface area (Å²) in [6.45, 7) is 5.46. The number of carbonyl (C=O) groups excluding carboxylic acids is 1. The SMILES string of the molecule is CCOC(=O)c1sc2nc(Cl)nc(NCC3CCCO3)c2c1C. The Balaban J connectivity index is 1.94. The van der Waals surface area contributed by atoms with E-state index in [-0.39, 0.29) is 17.4 Å². The summed E-state index contributed by atoms with van der Waals surface area (Å²) in [6, 6.07) is 0. The third-order valence-corrected chi connectivity index (χ3v) is 5.08. The molecule has 1 unspecified atom stereocenters. The monoisotopic (exact) mass is 355 g/mol. The molecule has 0 radical (unpaired) electrons. The maximum Gasteiger partial charge on any atom is 0.348 e. The highest BCUT2D eigenvalue weighted by Gasteiger charge is 2.22. The van der Waals surface area contributed by atoms with E-state index in [1.807, 2.05) is 6.92 Å². The van der Waals surface area contributed by atoms with Crippen molar-refractivity contribution in [2.45, 2.75) is 32.8 Å². The second-order valence-corrected chi connectivity index (χ2v) is 6.65. The Bertz CT molecular complexity index is 728. The van der Waals surface area contributed by atoms with Crippen LogP contribution >= 0.6 is 22.9 Å². The maximum atomic E-state index is 12.1. The molecule has 3 heterocycles. The van der Waals surface area contributed by atoms with Gasteiger partial charge in [-0.25, -0.2) is 14.8 Å². The topological polar surface area (TPSA) is 73.3 Å². The van der Waals surface area contributed by atoms with Gasteiger partial charge in [-0.2, -0.15) is 0 Å². The smallest absolute Gasteiger partial charge is 0.348 e. The number of thiophene rings is 1. The number of aryl methyl sites for hydroxylation is 1. The molecule has 0 amide bonds. The lowest BCUT2D eigenvalue weighted by Gasteiger charge is -2.12. The highest BCUT2D eigenvalue weighted by atomic mass is 35.5. The van der Waals surface area contributed by atoms with Gasteiger partial charge in [-0.15, -0.1) is 11.3 Å². The first-order chi connectivity index (χ1) is 11.1. The lowest BCUT2D eigenvalue weighted by Crippen LogP contribution is -2.19. The first-order valence-corrected chi connectivity index (χ1v) is 8.78. The summed E-state index contributed by atoms with van der Waals surface area (Å²) >= 11 is 7.30. The molecule has 0 spiro atoms. The van der Waals surface area contributed by atoms with Crippen molar-refractivity contribution in [1.82, 2.24) is 9.97 Å². The largest absolute Gasteiger partial charge is 0.462 e. The fraction of sp³-hybridized carbons (Fsp3) is 0.533. The zero-order valence-corrected chi connectivity index (χ0v) is 14.6. The third kappa shape index (κ3) is 3.41. The van der Waals surface area contributed by atoms with Crippen molar-refractivity contribution in [3.8, 4) is 0 Å². The zero-order chi connectivity index (χ0) is 16.4. The van der Waals surface area contributed by atoms with Crippen LogP contribution in [0.3, 0.4) is 0 Å². The van der Waals surface area contributed by atoms with E-state index in [9.17, 15) is 4.79 Å². The summed E-state index contributed by atoms with van der Waals surface area (Å²) in [5, 5.41) is 4.27. The highest BCUT2D eigenvalue weighted by molar-refractivity contribution is 7.20. The molecule has 1 saturated heterocycles. The highest BCUT2D eigenvalue weighted by Crippen LogP contribution is 2.35. The minimum atomic E-state index is -0.339. The van der Waals surface area contributed by atoms with E-state index in [2.05, 4.69) is 15.3 Å². The van der Waals surface area contributed by atoms with E-state index in [1.54, 1.807) is 6.92 Å². The zero-order valence-electron chi connectivity index (χ0n) is 13.0. The summed E-state index contributed by atoms with van der Waals surface area (Å²) < 4.78 is 10.7. The molecule has 23 heavy (non-hydrogen) atoms. The molecule has 1 aliphatic rings. The van der Waals surface area contributed by atoms with Crippen molar-refractivity contribution in [2.75, 3.05) is 25.1 Å². The lowest BCUT2D eigenvalue weighted by molar-refractivity contribution is 0.0531. The van der Waals surface area contributed by atoms with Crippen molar-refractivity contribution in [2.24, 2.45) is 0 Å². The van der Waals surface area contributed by atoms with Crippen LogP contribution in [0, 0.1) is 6.92 Å². The van der Waals surface area contributed by atoms with Crippen LogP contribution in [0.2, 0.25) is 5.28 Å². The van der Waals surface area contributed by atoms with Crippen LogP contribution in [0.1, 0.15) is 35.0 Å². The van der Waals surface area contributed by atoms with Crippen molar-refractivity contribution in [3.63, 3.8) is 0 Å². The van der Waals surface area contributed by atoms with Crippen LogP contribution in [0.5, 0.6) is 0 Å². The second kappa shape index (κ2) is 6.98. The van der Waals surface area contributed by atoms with Gasteiger partial charge in [0.05, 0.1) is 18.1 Å². The molecule has 0 aliphatic carbocycles. The average molecular weight is 356 g/mol. The molecule has 1 fully saturated rings. The van der Waals surface area contributed by atoms with Crippen LogP contribution in [0.15, 0.2) is 0 Å². The number of fused-ring (bicyclic) bond motifs is 1. The lowest BCUT2D eigenvalue weighted by atomic mass is 10.2. The van der Waals surface area contributed by atoms with Gasteiger partial charge in [-0.05, 0) is 43.9 Å². The molecule has 2 aromatic heterocycles. The molecule has 124 valence electrons. The van der Waals surface area contributed by atoms with Gasteiger partial charge in [0.25, 0.3) is 0 Å². The molecule has 0 aromatic carbocycles. The predicted octanol–water partition coefficient (Wildman–Crippen LogP) is 3.42. The Hall–Kier alpha value is -1.44. The molecule has 0 saturated carbocycles.